The maximum atomic E-state index is 4.19. The second kappa shape index (κ2) is 4.06. The molecule has 1 rings (SSSR count). The van der Waals surface area contributed by atoms with Gasteiger partial charge >= 0.3 is 0 Å². The van der Waals surface area contributed by atoms with Crippen LogP contribution in [0.3, 0.4) is 0 Å². The van der Waals surface area contributed by atoms with Gasteiger partial charge in [0.1, 0.15) is 5.82 Å². The highest BCUT2D eigenvalue weighted by atomic mass is 14.9. The van der Waals surface area contributed by atoms with Crippen LogP contribution in [0.2, 0.25) is 0 Å². The van der Waals surface area contributed by atoms with E-state index < -0.39 is 0 Å². The monoisotopic (exact) mass is 150 g/mol. The number of hydrogen-bond acceptors (Lipinski definition) is 2. The highest BCUT2D eigenvalue weighted by Crippen LogP contribution is 2.14. The van der Waals surface area contributed by atoms with Gasteiger partial charge in [0.15, 0.2) is 0 Å². The number of nitrogens with zero attached hydrogens (tertiary/aromatic N) is 2. The Morgan fingerprint density at radius 2 is 2.00 bits per heavy atom. The van der Waals surface area contributed by atoms with Gasteiger partial charge in [-0.3, -0.25) is 0 Å². The van der Waals surface area contributed by atoms with E-state index in [9.17, 15) is 0 Å². The summed E-state index contributed by atoms with van der Waals surface area (Å²) < 4.78 is 0. The SMILES string of the molecule is CCCC(C)c1ncccn1. The molecule has 1 unspecified atom stereocenters. The van der Waals surface area contributed by atoms with Crippen LogP contribution in [0, 0.1) is 0 Å². The van der Waals surface area contributed by atoms with E-state index in [2.05, 4.69) is 23.8 Å². The van der Waals surface area contributed by atoms with Gasteiger partial charge in [-0.2, -0.15) is 0 Å². The molecule has 0 amide bonds. The lowest BCUT2D eigenvalue weighted by molar-refractivity contribution is 0.626. The van der Waals surface area contributed by atoms with Crippen LogP contribution in [0.4, 0.5) is 0 Å². The maximum Gasteiger partial charge on any atom is 0.130 e. The van der Waals surface area contributed by atoms with Crippen molar-refractivity contribution in [2.75, 3.05) is 0 Å². The third-order valence-electron chi connectivity index (χ3n) is 1.75. The van der Waals surface area contributed by atoms with Crippen molar-refractivity contribution < 1.29 is 0 Å². The smallest absolute Gasteiger partial charge is 0.130 e. The average molecular weight is 150 g/mol. The molecule has 0 radical (unpaired) electrons. The normalized spacial score (nSPS) is 12.9. The van der Waals surface area contributed by atoms with Gasteiger partial charge < -0.3 is 0 Å². The van der Waals surface area contributed by atoms with Crippen molar-refractivity contribution in [3.63, 3.8) is 0 Å². The summed E-state index contributed by atoms with van der Waals surface area (Å²) in [5.74, 6) is 1.47. The van der Waals surface area contributed by atoms with E-state index in [1.807, 2.05) is 6.07 Å². The van der Waals surface area contributed by atoms with Gasteiger partial charge in [-0.1, -0.05) is 20.3 Å². The predicted molar refractivity (Wildman–Crippen MR) is 45.4 cm³/mol. The molecule has 60 valence electrons. The summed E-state index contributed by atoms with van der Waals surface area (Å²) >= 11 is 0. The molecular weight excluding hydrogens is 136 g/mol. The first kappa shape index (κ1) is 8.18. The van der Waals surface area contributed by atoms with Gasteiger partial charge in [-0.25, -0.2) is 9.97 Å². The minimum atomic E-state index is 0.501. The Balaban J connectivity index is 2.61. The molecule has 2 heteroatoms. The van der Waals surface area contributed by atoms with Crippen molar-refractivity contribution in [3.05, 3.63) is 24.3 Å². The lowest BCUT2D eigenvalue weighted by atomic mass is 10.1. The van der Waals surface area contributed by atoms with Crippen LogP contribution >= 0.6 is 0 Å². The molecule has 1 heterocycles. The van der Waals surface area contributed by atoms with E-state index in [0.29, 0.717) is 5.92 Å². The quantitative estimate of drug-likeness (QED) is 0.661. The van der Waals surface area contributed by atoms with Crippen molar-refractivity contribution in [2.24, 2.45) is 0 Å². The minimum Gasteiger partial charge on any atom is -0.241 e. The molecule has 1 aromatic heterocycles. The van der Waals surface area contributed by atoms with Crippen LogP contribution in [0.15, 0.2) is 18.5 Å². The third kappa shape index (κ3) is 2.30. The third-order valence-corrected chi connectivity index (χ3v) is 1.75. The maximum absolute atomic E-state index is 4.19. The molecular formula is C9H14N2. The lowest BCUT2D eigenvalue weighted by Gasteiger charge is -2.06. The number of rotatable bonds is 3. The Morgan fingerprint density at radius 3 is 2.55 bits per heavy atom. The predicted octanol–water partition coefficient (Wildman–Crippen LogP) is 2.38. The highest BCUT2D eigenvalue weighted by Gasteiger charge is 2.04. The zero-order valence-corrected chi connectivity index (χ0v) is 7.12. The largest absolute Gasteiger partial charge is 0.241 e. The highest BCUT2D eigenvalue weighted by molar-refractivity contribution is 4.94. The summed E-state index contributed by atoms with van der Waals surface area (Å²) in [4.78, 5) is 8.37. The zero-order chi connectivity index (χ0) is 8.10. The van der Waals surface area contributed by atoms with Crippen molar-refractivity contribution in [2.45, 2.75) is 32.6 Å². The van der Waals surface area contributed by atoms with Crippen LogP contribution in [0.1, 0.15) is 38.4 Å². The fourth-order valence-corrected chi connectivity index (χ4v) is 1.13. The number of hydrogen-bond donors (Lipinski definition) is 0. The summed E-state index contributed by atoms with van der Waals surface area (Å²) in [5.41, 5.74) is 0. The van der Waals surface area contributed by atoms with E-state index in [0.717, 1.165) is 5.82 Å². The number of aromatic nitrogens is 2. The molecule has 0 saturated heterocycles. The van der Waals surface area contributed by atoms with Gasteiger partial charge in [0.05, 0.1) is 0 Å². The Bertz CT molecular complexity index is 196. The first-order valence-corrected chi connectivity index (χ1v) is 4.11. The summed E-state index contributed by atoms with van der Waals surface area (Å²) in [6, 6.07) is 1.85. The van der Waals surface area contributed by atoms with Gasteiger partial charge in [0.2, 0.25) is 0 Å². The van der Waals surface area contributed by atoms with Crippen molar-refractivity contribution in [3.8, 4) is 0 Å². The standard InChI is InChI=1S/C9H14N2/c1-3-5-8(2)9-10-6-4-7-11-9/h4,6-8H,3,5H2,1-2H3. The van der Waals surface area contributed by atoms with Crippen molar-refractivity contribution in [1.82, 2.24) is 9.97 Å². The van der Waals surface area contributed by atoms with Gasteiger partial charge in [0.25, 0.3) is 0 Å². The zero-order valence-electron chi connectivity index (χ0n) is 7.12. The molecule has 0 aliphatic heterocycles. The molecule has 0 aliphatic carbocycles. The van der Waals surface area contributed by atoms with E-state index in [1.54, 1.807) is 12.4 Å². The molecule has 0 bridgehead atoms. The Morgan fingerprint density at radius 1 is 1.36 bits per heavy atom. The molecule has 1 atom stereocenters. The molecule has 2 nitrogen and oxygen atoms in total. The molecule has 0 aromatic carbocycles. The molecule has 0 N–H and O–H groups in total. The molecule has 11 heavy (non-hydrogen) atoms. The van der Waals surface area contributed by atoms with Gasteiger partial charge in [-0.05, 0) is 12.5 Å². The van der Waals surface area contributed by atoms with E-state index in [1.165, 1.54) is 12.8 Å². The van der Waals surface area contributed by atoms with E-state index in [-0.39, 0.29) is 0 Å². The van der Waals surface area contributed by atoms with Crippen molar-refractivity contribution >= 4 is 0 Å². The van der Waals surface area contributed by atoms with Gasteiger partial charge in [-0.15, -0.1) is 0 Å². The molecule has 0 fully saturated rings. The molecule has 0 spiro atoms. The van der Waals surface area contributed by atoms with Crippen LogP contribution in [0.25, 0.3) is 0 Å². The van der Waals surface area contributed by atoms with E-state index in [4.69, 9.17) is 0 Å². The lowest BCUT2D eigenvalue weighted by Crippen LogP contribution is -1.98. The van der Waals surface area contributed by atoms with Crippen LogP contribution in [0.5, 0.6) is 0 Å². The Labute approximate surface area is 67.7 Å². The van der Waals surface area contributed by atoms with Gasteiger partial charge in [0, 0.05) is 18.3 Å². The second-order valence-corrected chi connectivity index (χ2v) is 2.80. The summed E-state index contributed by atoms with van der Waals surface area (Å²) in [5, 5.41) is 0. The first-order chi connectivity index (χ1) is 5.34. The second-order valence-electron chi connectivity index (χ2n) is 2.80. The average Bonchev–Trinajstić information content (AvgIpc) is 2.07. The topological polar surface area (TPSA) is 25.8 Å². The molecule has 0 aliphatic rings. The fourth-order valence-electron chi connectivity index (χ4n) is 1.13. The molecule has 1 aromatic rings. The first-order valence-electron chi connectivity index (χ1n) is 4.11. The fraction of sp³-hybridized carbons (Fsp3) is 0.556. The Hall–Kier alpha value is -0.920. The summed E-state index contributed by atoms with van der Waals surface area (Å²) in [7, 11) is 0. The summed E-state index contributed by atoms with van der Waals surface area (Å²) in [6.45, 7) is 4.35. The van der Waals surface area contributed by atoms with Crippen LogP contribution in [-0.4, -0.2) is 9.97 Å². The van der Waals surface area contributed by atoms with Crippen LogP contribution in [-0.2, 0) is 0 Å². The molecule has 0 saturated carbocycles. The Kier molecular flexibility index (Phi) is 3.02. The van der Waals surface area contributed by atoms with Crippen LogP contribution < -0.4 is 0 Å². The van der Waals surface area contributed by atoms with E-state index >= 15 is 0 Å². The minimum absolute atomic E-state index is 0.501. The van der Waals surface area contributed by atoms with Crippen molar-refractivity contribution in [1.29, 1.82) is 0 Å². The summed E-state index contributed by atoms with van der Waals surface area (Å²) in [6.07, 6.45) is 5.96.